The quantitative estimate of drug-likeness (QED) is 0.0674. The van der Waals surface area contributed by atoms with Crippen LogP contribution in [0, 0.1) is 18.7 Å². The molecule has 0 radical (unpaired) electrons. The lowest BCUT2D eigenvalue weighted by Crippen LogP contribution is -2.57. The zero-order valence-electron chi connectivity index (χ0n) is 53.8. The fraction of sp³-hybridized carbons (Fsp3) is 0.567. The number of aryl methyl sites for hydroxylation is 1. The normalized spacial score (nSPS) is 23.7. The number of thiazole rings is 1. The number of ether oxygens (including phenoxy) is 6. The first-order valence-corrected chi connectivity index (χ1v) is 33.7. The van der Waals surface area contributed by atoms with Gasteiger partial charge in [0, 0.05) is 62.1 Å². The Hall–Kier alpha value is -7.45. The van der Waals surface area contributed by atoms with Crippen molar-refractivity contribution in [2.45, 2.75) is 172 Å². The van der Waals surface area contributed by atoms with Crippen molar-refractivity contribution in [2.24, 2.45) is 5.92 Å². The van der Waals surface area contributed by atoms with Gasteiger partial charge in [-0.25, -0.2) is 19.0 Å². The molecule has 4 amide bonds. The molecule has 4 aromatic heterocycles. The minimum absolute atomic E-state index is 0.00776. The SMILES string of the molecule is COCOc1cc(Cl)c(C2CC2)c(-c2ncc3c(N4CC5CCC(C4)N5C(=O)OC(C)(C)C)nc(OC[C@]45CCCN4[C@H](COC(=O)N4CC(Oc6cc([C@H](C(=O)N7C[C@H](O)C[C@H]7C(=O)N[C@@H](C)c7ccc(-c8scnc8C)cc7)C(C)C)on6)C4)CC5)nc3c2F)c1. The van der Waals surface area contributed by atoms with Gasteiger partial charge in [-0.3, -0.25) is 24.4 Å². The number of anilines is 1. The molecule has 13 rings (SSSR count). The van der Waals surface area contributed by atoms with Gasteiger partial charge >= 0.3 is 18.2 Å². The number of piperazine rings is 1. The van der Waals surface area contributed by atoms with Crippen molar-refractivity contribution in [3.05, 3.63) is 87.6 Å². The number of aliphatic hydroxyl groups is 1. The van der Waals surface area contributed by atoms with Crippen molar-refractivity contribution in [1.29, 1.82) is 0 Å². The number of benzene rings is 2. The number of nitrogens with one attached hydrogen (secondary N) is 1. The van der Waals surface area contributed by atoms with Gasteiger partial charge < -0.3 is 58.1 Å². The summed E-state index contributed by atoms with van der Waals surface area (Å²) in [7, 11) is 1.52. The number of aromatic nitrogens is 5. The molecule has 2 N–H and O–H groups in total. The lowest BCUT2D eigenvalue weighted by atomic mass is 9.91. The molecule has 6 aromatic rings. The third-order valence-corrected chi connectivity index (χ3v) is 20.7. The Balaban J connectivity index is 0.640. The maximum atomic E-state index is 17.7. The fourth-order valence-electron chi connectivity index (χ4n) is 14.7. The first-order valence-electron chi connectivity index (χ1n) is 32.4. The molecule has 7 fully saturated rings. The number of β-amino-alcohol motifs (C(OH)–C–C–N with tert-alkyl or cyclic N) is 1. The molecule has 8 atom stereocenters. The summed E-state index contributed by atoms with van der Waals surface area (Å²) >= 11 is 8.49. The Morgan fingerprint density at radius 2 is 1.70 bits per heavy atom. The van der Waals surface area contributed by atoms with Crippen molar-refractivity contribution in [3.63, 3.8) is 0 Å². The topological polar surface area (TPSA) is 250 Å². The number of hydrogen-bond donors (Lipinski definition) is 2. The van der Waals surface area contributed by atoms with Gasteiger partial charge in [-0.1, -0.05) is 49.7 Å². The van der Waals surface area contributed by atoms with E-state index in [4.69, 9.17) is 59.5 Å². The van der Waals surface area contributed by atoms with Gasteiger partial charge in [0.1, 0.15) is 59.7 Å². The summed E-state index contributed by atoms with van der Waals surface area (Å²) in [5, 5.41) is 18.9. The van der Waals surface area contributed by atoms with Crippen LogP contribution in [0.25, 0.3) is 32.6 Å². The van der Waals surface area contributed by atoms with Crippen LogP contribution in [0.5, 0.6) is 17.6 Å². The van der Waals surface area contributed by atoms with Crippen LogP contribution < -0.4 is 24.4 Å². The van der Waals surface area contributed by atoms with Crippen molar-refractivity contribution >= 4 is 63.7 Å². The molecule has 26 heteroatoms. The number of carbonyl (C=O) groups is 4. The molecule has 0 spiro atoms. The lowest BCUT2D eigenvalue weighted by Gasteiger charge is -2.42. The summed E-state index contributed by atoms with van der Waals surface area (Å²) < 4.78 is 59.1. The van der Waals surface area contributed by atoms with Gasteiger partial charge in [0.05, 0.1) is 64.3 Å². The first kappa shape index (κ1) is 64.3. The predicted octanol–water partition coefficient (Wildman–Crippen LogP) is 10.2. The van der Waals surface area contributed by atoms with E-state index in [0.717, 1.165) is 85.2 Å². The van der Waals surface area contributed by atoms with Gasteiger partial charge in [0.25, 0.3) is 5.88 Å². The number of rotatable bonds is 20. The summed E-state index contributed by atoms with van der Waals surface area (Å²) in [5.41, 5.74) is 5.07. The smallest absolute Gasteiger partial charge is 0.410 e. The van der Waals surface area contributed by atoms with Gasteiger partial charge in [-0.15, -0.1) is 11.3 Å². The van der Waals surface area contributed by atoms with Gasteiger partial charge in [0.2, 0.25) is 11.8 Å². The van der Waals surface area contributed by atoms with E-state index < -0.39 is 47.2 Å². The number of pyridine rings is 1. The number of carbonyl (C=O) groups excluding carboxylic acids is 4. The highest BCUT2D eigenvalue weighted by Crippen LogP contribution is 2.50. The molecule has 2 bridgehead atoms. The fourth-order valence-corrected chi connectivity index (χ4v) is 15.8. The minimum atomic E-state index is -0.896. The summed E-state index contributed by atoms with van der Waals surface area (Å²) in [4.78, 5) is 84.8. The van der Waals surface area contributed by atoms with Crippen LogP contribution in [-0.4, -0.2) is 188 Å². The molecular weight excluding hydrogens is 1240 g/mol. The summed E-state index contributed by atoms with van der Waals surface area (Å²) in [5.74, 6) is -1.02. The van der Waals surface area contributed by atoms with Crippen LogP contribution in [0.3, 0.4) is 0 Å². The summed E-state index contributed by atoms with van der Waals surface area (Å²) in [6.07, 6.45) is 6.22. The Kier molecular flexibility index (Phi) is 18.0. The molecule has 7 aliphatic rings. The average molecular weight is 1320 g/mol. The third-order valence-electron chi connectivity index (χ3n) is 19.4. The maximum Gasteiger partial charge on any atom is 0.410 e. The van der Waals surface area contributed by atoms with E-state index in [2.05, 4.69) is 25.3 Å². The molecule has 6 saturated heterocycles. The van der Waals surface area contributed by atoms with E-state index in [1.165, 1.54) is 12.0 Å². The minimum Gasteiger partial charge on any atom is -0.468 e. The van der Waals surface area contributed by atoms with Crippen LogP contribution in [0.15, 0.2) is 58.7 Å². The number of hydrogen-bond acceptors (Lipinski definition) is 20. The maximum absolute atomic E-state index is 17.7. The molecule has 93 heavy (non-hydrogen) atoms. The molecule has 10 heterocycles. The largest absolute Gasteiger partial charge is 0.468 e. The second kappa shape index (κ2) is 26.0. The van der Waals surface area contributed by atoms with Crippen molar-refractivity contribution in [1.82, 2.24) is 50.0 Å². The number of likely N-dealkylation sites (tertiary alicyclic amines) is 2. The van der Waals surface area contributed by atoms with E-state index in [-0.39, 0.29) is 129 Å². The standard InChI is InChI=1S/C67H81ClFN11O12S/c1-36(2)54(62(83)78-29-45(81)22-51(78)61(82)72-37(3)39-10-14-41(15-11-39)59-38(4)71-34-93-59)52-25-53(75-92-52)90-47-30-77(31-47)64(84)87-32-44-18-20-67(19-9-21-79(44)67)33-88-63-73-58-49(60(74-63)76-27-42-16-17-43(28-76)80(42)65(85)91-66(5,6)7)26-70-57(56(58)69)48-23-46(89-35-86-8)24-50(68)55(48)40-12-13-40/h10-11,14-15,23-26,34,36-37,40,42-45,47,51,54,81H,9,12-13,16-22,27-33,35H2,1-8H3,(H,72,82)/t37-,42?,43?,44-,45+,51-,54+,67+/m0/s1. The van der Waals surface area contributed by atoms with Crippen molar-refractivity contribution in [2.75, 3.05) is 71.3 Å². The van der Waals surface area contributed by atoms with Crippen LogP contribution >= 0.6 is 22.9 Å². The molecule has 1 saturated carbocycles. The Bertz CT molecular complexity index is 3770. The second-order valence-corrected chi connectivity index (χ2v) is 28.7. The number of nitrogens with zero attached hydrogens (tertiary/aromatic N) is 10. The van der Waals surface area contributed by atoms with Crippen molar-refractivity contribution < 1.29 is 61.6 Å². The van der Waals surface area contributed by atoms with Crippen LogP contribution in [-0.2, 0) is 23.8 Å². The molecule has 496 valence electrons. The van der Waals surface area contributed by atoms with Crippen LogP contribution in [0.4, 0.5) is 19.8 Å². The second-order valence-electron chi connectivity index (χ2n) is 27.4. The lowest BCUT2D eigenvalue weighted by molar-refractivity contribution is -0.141. The Morgan fingerprint density at radius 1 is 0.935 bits per heavy atom. The highest BCUT2D eigenvalue weighted by Gasteiger charge is 2.52. The van der Waals surface area contributed by atoms with E-state index in [0.29, 0.717) is 40.6 Å². The van der Waals surface area contributed by atoms with E-state index in [1.807, 2.05) is 83.1 Å². The highest BCUT2D eigenvalue weighted by molar-refractivity contribution is 7.13. The average Bonchev–Trinajstić information content (AvgIpc) is 1.75. The zero-order chi connectivity index (χ0) is 65.2. The number of aliphatic hydroxyl groups excluding tert-OH is 1. The number of halogens is 2. The number of amides is 4. The molecule has 2 unspecified atom stereocenters. The van der Waals surface area contributed by atoms with Gasteiger partial charge in [-0.05, 0) is 138 Å². The molecule has 6 aliphatic heterocycles. The Labute approximate surface area is 548 Å². The predicted molar refractivity (Wildman–Crippen MR) is 343 cm³/mol. The molecule has 2 aromatic carbocycles. The first-order chi connectivity index (χ1) is 44.6. The van der Waals surface area contributed by atoms with E-state index >= 15 is 4.39 Å². The van der Waals surface area contributed by atoms with E-state index in [9.17, 15) is 24.3 Å². The monoisotopic (exact) mass is 1320 g/mol. The summed E-state index contributed by atoms with van der Waals surface area (Å²) in [6, 6.07) is 11.4. The number of methoxy groups -OCH3 is 1. The summed E-state index contributed by atoms with van der Waals surface area (Å²) in [6.45, 7) is 15.7. The van der Waals surface area contributed by atoms with Crippen molar-refractivity contribution in [3.8, 4) is 39.3 Å². The third kappa shape index (κ3) is 13.1. The van der Waals surface area contributed by atoms with Gasteiger partial charge in [0.15, 0.2) is 18.4 Å². The molecular formula is C67H81ClFN11O12S. The highest BCUT2D eigenvalue weighted by atomic mass is 35.5. The molecule has 23 nitrogen and oxygen atoms in total. The van der Waals surface area contributed by atoms with Gasteiger partial charge in [-0.2, -0.15) is 9.97 Å². The van der Waals surface area contributed by atoms with E-state index in [1.54, 1.807) is 40.6 Å². The number of fused-ring (bicyclic) bond motifs is 4. The Morgan fingerprint density at radius 3 is 2.40 bits per heavy atom. The molecule has 1 aliphatic carbocycles. The zero-order valence-corrected chi connectivity index (χ0v) is 55.3. The van der Waals surface area contributed by atoms with Crippen LogP contribution in [0.1, 0.15) is 140 Å². The van der Waals surface area contributed by atoms with Crippen LogP contribution in [0.2, 0.25) is 5.02 Å².